The van der Waals surface area contributed by atoms with Gasteiger partial charge in [0.05, 0.1) is 0 Å². The number of aryl methyl sites for hydroxylation is 1. The second kappa shape index (κ2) is 9.38. The molecule has 3 amide bonds. The molecule has 2 atom stereocenters. The number of urea groups is 1. The van der Waals surface area contributed by atoms with Gasteiger partial charge >= 0.3 is 12.0 Å². The lowest BCUT2D eigenvalue weighted by Crippen LogP contribution is -2.42. The Morgan fingerprint density at radius 2 is 1.70 bits per heavy atom. The van der Waals surface area contributed by atoms with Crippen LogP contribution in [0.15, 0.2) is 54.6 Å². The maximum absolute atomic E-state index is 12.4. The first kappa shape index (κ1) is 20.0. The molecule has 0 aliphatic rings. The van der Waals surface area contributed by atoms with Crippen LogP contribution in [0.4, 0.5) is 4.79 Å². The van der Waals surface area contributed by atoms with Crippen molar-refractivity contribution in [1.29, 1.82) is 0 Å². The zero-order valence-corrected chi connectivity index (χ0v) is 15.4. The number of amides is 3. The highest BCUT2D eigenvalue weighted by atomic mass is 16.6. The normalized spacial score (nSPS) is 12.4. The van der Waals surface area contributed by atoms with Crippen molar-refractivity contribution in [2.75, 3.05) is 7.05 Å². The summed E-state index contributed by atoms with van der Waals surface area (Å²) in [6, 6.07) is 15.0. The average Bonchev–Trinajstić information content (AvgIpc) is 2.66. The van der Waals surface area contributed by atoms with Gasteiger partial charge in [0.2, 0.25) is 6.10 Å². The third-order valence-corrected chi connectivity index (χ3v) is 3.67. The molecule has 0 fully saturated rings. The van der Waals surface area contributed by atoms with Crippen LogP contribution in [-0.4, -0.2) is 31.1 Å². The molecule has 0 aliphatic heterocycles. The summed E-state index contributed by atoms with van der Waals surface area (Å²) >= 11 is 0. The minimum absolute atomic E-state index is 0.440. The van der Waals surface area contributed by atoms with Crippen LogP contribution >= 0.6 is 0 Å². The molecule has 2 aromatic rings. The van der Waals surface area contributed by atoms with Gasteiger partial charge in [0.25, 0.3) is 5.91 Å². The van der Waals surface area contributed by atoms with Crippen LogP contribution in [0.2, 0.25) is 0 Å². The van der Waals surface area contributed by atoms with Gasteiger partial charge in [-0.15, -0.1) is 0 Å². The second-order valence-corrected chi connectivity index (χ2v) is 5.87. The fourth-order valence-corrected chi connectivity index (χ4v) is 2.29. The molecule has 7 heteroatoms. The van der Waals surface area contributed by atoms with Crippen molar-refractivity contribution in [3.63, 3.8) is 0 Å². The number of nitrogens with one attached hydrogen (secondary N) is 2. The van der Waals surface area contributed by atoms with Crippen molar-refractivity contribution in [2.45, 2.75) is 26.1 Å². The molecule has 2 rings (SSSR count). The maximum Gasteiger partial charge on any atom is 0.348 e. The first-order valence-electron chi connectivity index (χ1n) is 8.42. The zero-order chi connectivity index (χ0) is 19.8. The van der Waals surface area contributed by atoms with E-state index in [4.69, 9.17) is 9.47 Å². The standard InChI is InChI=1S/C20H22N2O5/c1-13-8-7-11-16(12-13)26-14(2)19(24)27-17(15-9-5-4-6-10-15)18(23)22-20(25)21-3/h4-12,14,17H,1-3H3,(H2,21,22,23,25)/t14-,17+/m0/s1. The van der Waals surface area contributed by atoms with Crippen LogP contribution in [0.1, 0.15) is 24.2 Å². The Morgan fingerprint density at radius 3 is 2.33 bits per heavy atom. The van der Waals surface area contributed by atoms with E-state index in [1.54, 1.807) is 42.5 Å². The van der Waals surface area contributed by atoms with Gasteiger partial charge < -0.3 is 14.8 Å². The van der Waals surface area contributed by atoms with Crippen LogP contribution in [0.25, 0.3) is 0 Å². The highest BCUT2D eigenvalue weighted by Gasteiger charge is 2.29. The molecular formula is C20H22N2O5. The molecule has 0 aromatic heterocycles. The molecule has 7 nitrogen and oxygen atoms in total. The highest BCUT2D eigenvalue weighted by molar-refractivity contribution is 5.97. The van der Waals surface area contributed by atoms with E-state index in [0.29, 0.717) is 11.3 Å². The van der Waals surface area contributed by atoms with Crippen LogP contribution in [0.5, 0.6) is 5.75 Å². The number of carbonyl (C=O) groups is 3. The smallest absolute Gasteiger partial charge is 0.348 e. The first-order valence-corrected chi connectivity index (χ1v) is 8.42. The van der Waals surface area contributed by atoms with Crippen LogP contribution in [0.3, 0.4) is 0 Å². The molecule has 0 unspecified atom stereocenters. The van der Waals surface area contributed by atoms with Gasteiger partial charge in [-0.3, -0.25) is 10.1 Å². The van der Waals surface area contributed by atoms with Crippen LogP contribution < -0.4 is 15.4 Å². The lowest BCUT2D eigenvalue weighted by atomic mass is 10.1. The fraction of sp³-hybridized carbons (Fsp3) is 0.250. The van der Waals surface area contributed by atoms with E-state index in [9.17, 15) is 14.4 Å². The Morgan fingerprint density at radius 1 is 1.00 bits per heavy atom. The van der Waals surface area contributed by atoms with E-state index in [1.165, 1.54) is 14.0 Å². The number of rotatable bonds is 6. The summed E-state index contributed by atoms with van der Waals surface area (Å²) in [5.74, 6) is -0.959. The summed E-state index contributed by atoms with van der Waals surface area (Å²) in [7, 11) is 1.38. The Labute approximate surface area is 157 Å². The second-order valence-electron chi connectivity index (χ2n) is 5.87. The van der Waals surface area contributed by atoms with E-state index in [1.807, 2.05) is 19.1 Å². The predicted octanol–water partition coefficient (Wildman–Crippen LogP) is 2.50. The van der Waals surface area contributed by atoms with Gasteiger partial charge in [0, 0.05) is 12.6 Å². The number of esters is 1. The molecule has 0 bridgehead atoms. The van der Waals surface area contributed by atoms with E-state index in [2.05, 4.69) is 10.6 Å². The van der Waals surface area contributed by atoms with Crippen molar-refractivity contribution >= 4 is 17.9 Å². The summed E-state index contributed by atoms with van der Waals surface area (Å²) in [5.41, 5.74) is 1.43. The summed E-state index contributed by atoms with van der Waals surface area (Å²) in [6.45, 7) is 3.44. The summed E-state index contributed by atoms with van der Waals surface area (Å²) in [5, 5.41) is 4.40. The SMILES string of the molecule is CNC(=O)NC(=O)[C@H](OC(=O)[C@H](C)Oc1cccc(C)c1)c1ccccc1. The van der Waals surface area contributed by atoms with Crippen molar-refractivity contribution in [1.82, 2.24) is 10.6 Å². The molecule has 0 spiro atoms. The topological polar surface area (TPSA) is 93.7 Å². The number of benzene rings is 2. The molecule has 0 saturated heterocycles. The molecule has 0 aliphatic carbocycles. The Bertz CT molecular complexity index is 807. The Hall–Kier alpha value is -3.35. The van der Waals surface area contributed by atoms with Crippen molar-refractivity contribution in [3.8, 4) is 5.75 Å². The Balaban J connectivity index is 2.12. The molecule has 0 heterocycles. The first-order chi connectivity index (χ1) is 12.9. The number of hydrogen-bond donors (Lipinski definition) is 2. The lowest BCUT2D eigenvalue weighted by molar-refractivity contribution is -0.162. The molecule has 27 heavy (non-hydrogen) atoms. The fourth-order valence-electron chi connectivity index (χ4n) is 2.29. The van der Waals surface area contributed by atoms with Gasteiger partial charge in [-0.05, 0) is 31.5 Å². The average molecular weight is 370 g/mol. The minimum atomic E-state index is -1.28. The zero-order valence-electron chi connectivity index (χ0n) is 15.4. The quantitative estimate of drug-likeness (QED) is 0.762. The van der Waals surface area contributed by atoms with Crippen LogP contribution in [0, 0.1) is 6.92 Å². The lowest BCUT2D eigenvalue weighted by Gasteiger charge is -2.20. The number of ether oxygens (including phenoxy) is 2. The molecule has 2 N–H and O–H groups in total. The van der Waals surface area contributed by atoms with Crippen molar-refractivity contribution < 1.29 is 23.9 Å². The largest absolute Gasteiger partial charge is 0.479 e. The maximum atomic E-state index is 12.4. The monoisotopic (exact) mass is 370 g/mol. The third-order valence-electron chi connectivity index (χ3n) is 3.67. The highest BCUT2D eigenvalue weighted by Crippen LogP contribution is 2.20. The Kier molecular flexibility index (Phi) is 6.93. The van der Waals surface area contributed by atoms with E-state index >= 15 is 0 Å². The van der Waals surface area contributed by atoms with Gasteiger partial charge in [0.15, 0.2) is 6.10 Å². The van der Waals surface area contributed by atoms with Gasteiger partial charge in [-0.1, -0.05) is 42.5 Å². The number of hydrogen-bond acceptors (Lipinski definition) is 5. The predicted molar refractivity (Wildman–Crippen MR) is 99.1 cm³/mol. The van der Waals surface area contributed by atoms with E-state index in [0.717, 1.165) is 5.56 Å². The van der Waals surface area contributed by atoms with Crippen molar-refractivity contribution in [2.24, 2.45) is 0 Å². The van der Waals surface area contributed by atoms with Gasteiger partial charge in [-0.2, -0.15) is 0 Å². The molecule has 142 valence electrons. The summed E-state index contributed by atoms with van der Waals surface area (Å²) in [6.07, 6.45) is -2.22. The molecule has 2 aromatic carbocycles. The van der Waals surface area contributed by atoms with E-state index < -0.39 is 30.1 Å². The number of carbonyl (C=O) groups excluding carboxylic acids is 3. The molecule has 0 radical (unpaired) electrons. The van der Waals surface area contributed by atoms with Crippen molar-refractivity contribution in [3.05, 3.63) is 65.7 Å². The van der Waals surface area contributed by atoms with E-state index in [-0.39, 0.29) is 0 Å². The third kappa shape index (κ3) is 5.85. The summed E-state index contributed by atoms with van der Waals surface area (Å²) in [4.78, 5) is 36.3. The number of imide groups is 1. The molecule has 0 saturated carbocycles. The van der Waals surface area contributed by atoms with Gasteiger partial charge in [0.1, 0.15) is 5.75 Å². The molecular weight excluding hydrogens is 348 g/mol. The minimum Gasteiger partial charge on any atom is -0.479 e. The van der Waals surface area contributed by atoms with Gasteiger partial charge in [-0.25, -0.2) is 9.59 Å². The van der Waals surface area contributed by atoms with Crippen LogP contribution in [-0.2, 0) is 14.3 Å². The summed E-state index contributed by atoms with van der Waals surface area (Å²) < 4.78 is 10.9.